The maximum Gasteiger partial charge on any atom is 0.0759 e. The third-order valence-electron chi connectivity index (χ3n) is 9.66. The average Bonchev–Trinajstić information content (AvgIpc) is 3.32. The van der Waals surface area contributed by atoms with Gasteiger partial charge in [-0.2, -0.15) is 0 Å². The summed E-state index contributed by atoms with van der Waals surface area (Å²) in [7, 11) is 0. The Morgan fingerprint density at radius 1 is 0.489 bits per heavy atom. The van der Waals surface area contributed by atoms with E-state index in [4.69, 9.17) is 4.98 Å². The molecule has 45 heavy (non-hydrogen) atoms. The number of pyridine rings is 2. The van der Waals surface area contributed by atoms with Crippen LogP contribution in [-0.2, 0) is 5.41 Å². The molecule has 9 rings (SSSR count). The fraction of sp³-hybridized carbons (Fsp3) is 0.0698. The SMILES string of the molecule is CC1(C)c2cc3ccc(-c4cccc(-c5ccccn5)c4)cc3nc2-c2c1cc(-c1ccc3ccccc3c1)c1ccccc21. The molecule has 2 aromatic heterocycles. The summed E-state index contributed by atoms with van der Waals surface area (Å²) >= 11 is 0. The molecule has 0 fully saturated rings. The lowest BCUT2D eigenvalue weighted by Crippen LogP contribution is -2.15. The second-order valence-electron chi connectivity index (χ2n) is 12.7. The van der Waals surface area contributed by atoms with Crippen LogP contribution < -0.4 is 0 Å². The number of benzene rings is 6. The van der Waals surface area contributed by atoms with Crippen molar-refractivity contribution in [3.05, 3.63) is 157 Å². The Kier molecular flexibility index (Phi) is 5.58. The summed E-state index contributed by atoms with van der Waals surface area (Å²) in [6.07, 6.45) is 1.84. The van der Waals surface area contributed by atoms with Crippen molar-refractivity contribution < 1.29 is 0 Å². The normalized spacial score (nSPS) is 13.3. The predicted octanol–water partition coefficient (Wildman–Crippen LogP) is 11.2. The molecule has 0 atom stereocenters. The van der Waals surface area contributed by atoms with Crippen molar-refractivity contribution in [2.45, 2.75) is 19.3 Å². The van der Waals surface area contributed by atoms with Crippen LogP contribution in [-0.4, -0.2) is 9.97 Å². The lowest BCUT2D eigenvalue weighted by molar-refractivity contribution is 0.661. The maximum absolute atomic E-state index is 5.44. The van der Waals surface area contributed by atoms with E-state index < -0.39 is 0 Å². The molecule has 0 spiro atoms. The molecule has 0 unspecified atom stereocenters. The summed E-state index contributed by atoms with van der Waals surface area (Å²) in [6.45, 7) is 4.70. The van der Waals surface area contributed by atoms with Gasteiger partial charge in [-0.15, -0.1) is 0 Å². The lowest BCUT2D eigenvalue weighted by atomic mass is 9.80. The van der Waals surface area contributed by atoms with Crippen LogP contribution in [0, 0.1) is 0 Å². The Hall–Kier alpha value is -5.60. The Bertz CT molecular complexity index is 2450. The van der Waals surface area contributed by atoms with Gasteiger partial charge in [-0.1, -0.05) is 111 Å². The highest BCUT2D eigenvalue weighted by Crippen LogP contribution is 2.53. The topological polar surface area (TPSA) is 25.8 Å². The van der Waals surface area contributed by atoms with Crippen molar-refractivity contribution in [2.75, 3.05) is 0 Å². The third kappa shape index (κ3) is 4.03. The van der Waals surface area contributed by atoms with E-state index in [1.165, 1.54) is 54.7 Å². The zero-order valence-electron chi connectivity index (χ0n) is 25.3. The zero-order chi connectivity index (χ0) is 30.1. The minimum absolute atomic E-state index is 0.183. The van der Waals surface area contributed by atoms with Gasteiger partial charge in [-0.05, 0) is 97.4 Å². The fourth-order valence-corrected chi connectivity index (χ4v) is 7.27. The van der Waals surface area contributed by atoms with Gasteiger partial charge in [0.1, 0.15) is 0 Å². The molecule has 8 aromatic rings. The van der Waals surface area contributed by atoms with Crippen molar-refractivity contribution >= 4 is 32.4 Å². The molecule has 0 saturated heterocycles. The van der Waals surface area contributed by atoms with Gasteiger partial charge in [0.15, 0.2) is 0 Å². The first-order valence-electron chi connectivity index (χ1n) is 15.6. The Morgan fingerprint density at radius 2 is 1.22 bits per heavy atom. The summed E-state index contributed by atoms with van der Waals surface area (Å²) in [5, 5.41) is 6.21. The minimum atomic E-state index is -0.183. The van der Waals surface area contributed by atoms with Crippen LogP contribution in [0.2, 0.25) is 0 Å². The number of fused-ring (bicyclic) bond motifs is 7. The van der Waals surface area contributed by atoms with Crippen LogP contribution in [0.3, 0.4) is 0 Å². The Labute approximate surface area is 262 Å². The van der Waals surface area contributed by atoms with Crippen LogP contribution in [0.1, 0.15) is 25.0 Å². The molecule has 0 bridgehead atoms. The lowest BCUT2D eigenvalue weighted by Gasteiger charge is -2.23. The molecular weight excluding hydrogens is 544 g/mol. The molecule has 1 aliphatic rings. The monoisotopic (exact) mass is 574 g/mol. The number of hydrogen-bond donors (Lipinski definition) is 0. The molecule has 0 aliphatic heterocycles. The van der Waals surface area contributed by atoms with E-state index in [0.29, 0.717) is 0 Å². The summed E-state index contributed by atoms with van der Waals surface area (Å²) < 4.78 is 0. The standard InChI is InChI=1S/C43H30N2/c1-43(2)37-26-36(31-19-17-27-10-3-4-11-28(27)22-31)34-14-5-6-15-35(34)41(37)42-38(43)24-33-20-18-30(25-40(33)45-42)29-12-9-13-32(23-29)39-16-7-8-21-44-39/h3-26H,1-2H3. The molecule has 212 valence electrons. The van der Waals surface area contributed by atoms with Crippen LogP contribution in [0.4, 0.5) is 0 Å². The largest absolute Gasteiger partial charge is 0.256 e. The molecular formula is C43H30N2. The number of hydrogen-bond acceptors (Lipinski definition) is 2. The summed E-state index contributed by atoms with van der Waals surface area (Å²) in [6, 6.07) is 50.4. The van der Waals surface area contributed by atoms with E-state index in [1.54, 1.807) is 0 Å². The quantitative estimate of drug-likeness (QED) is 0.210. The van der Waals surface area contributed by atoms with Crippen molar-refractivity contribution in [3.8, 4) is 44.8 Å². The molecule has 1 aliphatic carbocycles. The van der Waals surface area contributed by atoms with E-state index >= 15 is 0 Å². The molecule has 0 radical (unpaired) electrons. The van der Waals surface area contributed by atoms with E-state index in [-0.39, 0.29) is 5.41 Å². The average molecular weight is 575 g/mol. The maximum atomic E-state index is 5.44. The van der Waals surface area contributed by atoms with Gasteiger partial charge >= 0.3 is 0 Å². The molecule has 0 saturated carbocycles. The number of aromatic nitrogens is 2. The van der Waals surface area contributed by atoms with Crippen LogP contribution in [0.15, 0.2) is 146 Å². The van der Waals surface area contributed by atoms with Crippen molar-refractivity contribution in [3.63, 3.8) is 0 Å². The van der Waals surface area contributed by atoms with Gasteiger partial charge in [0.25, 0.3) is 0 Å². The van der Waals surface area contributed by atoms with E-state index in [9.17, 15) is 0 Å². The first kappa shape index (κ1) is 25.9. The highest BCUT2D eigenvalue weighted by atomic mass is 14.7. The molecule has 2 heterocycles. The minimum Gasteiger partial charge on any atom is -0.256 e. The summed E-state index contributed by atoms with van der Waals surface area (Å²) in [5.41, 5.74) is 12.7. The van der Waals surface area contributed by atoms with Crippen molar-refractivity contribution in [1.82, 2.24) is 9.97 Å². The van der Waals surface area contributed by atoms with E-state index in [2.05, 4.69) is 146 Å². The predicted molar refractivity (Wildman–Crippen MR) is 188 cm³/mol. The Morgan fingerprint density at radius 3 is 2.09 bits per heavy atom. The van der Waals surface area contributed by atoms with Crippen LogP contribution in [0.25, 0.3) is 77.2 Å². The molecule has 0 N–H and O–H groups in total. The van der Waals surface area contributed by atoms with Crippen molar-refractivity contribution in [2.24, 2.45) is 0 Å². The van der Waals surface area contributed by atoms with Gasteiger partial charge in [0.2, 0.25) is 0 Å². The van der Waals surface area contributed by atoms with Crippen LogP contribution in [0.5, 0.6) is 0 Å². The highest BCUT2D eigenvalue weighted by molar-refractivity contribution is 6.09. The summed E-state index contributed by atoms with van der Waals surface area (Å²) in [4.78, 5) is 10.00. The molecule has 2 nitrogen and oxygen atoms in total. The van der Waals surface area contributed by atoms with E-state index in [1.807, 2.05) is 18.3 Å². The first-order chi connectivity index (χ1) is 22.0. The van der Waals surface area contributed by atoms with Gasteiger partial charge in [0.05, 0.1) is 16.9 Å². The molecule has 2 heteroatoms. The van der Waals surface area contributed by atoms with Gasteiger partial charge in [-0.25, -0.2) is 4.98 Å². The fourth-order valence-electron chi connectivity index (χ4n) is 7.27. The second-order valence-corrected chi connectivity index (χ2v) is 12.7. The van der Waals surface area contributed by atoms with Gasteiger partial charge < -0.3 is 0 Å². The zero-order valence-corrected chi connectivity index (χ0v) is 25.3. The van der Waals surface area contributed by atoms with Crippen LogP contribution >= 0.6 is 0 Å². The molecule has 6 aromatic carbocycles. The van der Waals surface area contributed by atoms with E-state index in [0.717, 1.165) is 33.6 Å². The number of rotatable bonds is 3. The molecule has 0 amide bonds. The Balaban J connectivity index is 1.23. The summed E-state index contributed by atoms with van der Waals surface area (Å²) in [5.74, 6) is 0. The van der Waals surface area contributed by atoms with Gasteiger partial charge in [-0.3, -0.25) is 4.98 Å². The highest BCUT2D eigenvalue weighted by Gasteiger charge is 2.38. The van der Waals surface area contributed by atoms with Gasteiger partial charge in [0, 0.05) is 28.1 Å². The van der Waals surface area contributed by atoms with Crippen molar-refractivity contribution in [1.29, 1.82) is 0 Å². The first-order valence-corrected chi connectivity index (χ1v) is 15.6. The number of nitrogens with zero attached hydrogens (tertiary/aromatic N) is 2. The second kappa shape index (κ2) is 9.70. The third-order valence-corrected chi connectivity index (χ3v) is 9.66. The smallest absolute Gasteiger partial charge is 0.0759 e.